The number of nitrogens with zero attached hydrogens (tertiary/aromatic N) is 2. The first-order valence-corrected chi connectivity index (χ1v) is 10.3. The van der Waals surface area contributed by atoms with Gasteiger partial charge in [0.2, 0.25) is 10.0 Å². The monoisotopic (exact) mass is 427 g/mol. The van der Waals surface area contributed by atoms with Crippen molar-refractivity contribution in [2.45, 2.75) is 17.7 Å². The van der Waals surface area contributed by atoms with Crippen molar-refractivity contribution in [3.63, 3.8) is 0 Å². The minimum atomic E-state index is -3.64. The topological polar surface area (TPSA) is 119 Å². The highest BCUT2D eigenvalue weighted by molar-refractivity contribution is 7.89. The summed E-state index contributed by atoms with van der Waals surface area (Å²) in [6.45, 7) is -0.0687. The van der Waals surface area contributed by atoms with Crippen molar-refractivity contribution >= 4 is 39.3 Å². The Morgan fingerprint density at radius 1 is 1.21 bits per heavy atom. The fourth-order valence-corrected chi connectivity index (χ4v) is 4.39. The second-order valence-corrected chi connectivity index (χ2v) is 8.55. The molecule has 0 atom stereocenters. The Kier molecular flexibility index (Phi) is 6.32. The molecule has 0 aliphatic carbocycles. The summed E-state index contributed by atoms with van der Waals surface area (Å²) in [6.07, 6.45) is 1.93. The van der Waals surface area contributed by atoms with Crippen molar-refractivity contribution in [2.24, 2.45) is 5.92 Å². The number of anilines is 1. The van der Waals surface area contributed by atoms with E-state index in [4.69, 9.17) is 16.3 Å². The van der Waals surface area contributed by atoms with Crippen molar-refractivity contribution in [2.75, 3.05) is 25.0 Å². The second-order valence-electron chi connectivity index (χ2n) is 6.17. The fourth-order valence-electron chi connectivity index (χ4n) is 2.80. The molecular weight excluding hydrogens is 410 g/mol. The lowest BCUT2D eigenvalue weighted by molar-refractivity contribution is -0.152. The quantitative estimate of drug-likeness (QED) is 0.699. The van der Waals surface area contributed by atoms with E-state index in [1.807, 2.05) is 0 Å². The van der Waals surface area contributed by atoms with Crippen molar-refractivity contribution < 1.29 is 27.3 Å². The summed E-state index contributed by atoms with van der Waals surface area (Å²) in [4.78, 5) is 24.0. The average molecular weight is 428 g/mol. The van der Waals surface area contributed by atoms with Crippen LogP contribution in [0.5, 0.6) is 0 Å². The number of hydrogen-bond donors (Lipinski definition) is 1. The number of esters is 1. The number of sulfonamides is 1. The third kappa shape index (κ3) is 4.89. The largest absolute Gasteiger partial charge is 0.455 e. The molecule has 1 amide bonds. The molecule has 9 nitrogen and oxygen atoms in total. The molecule has 1 fully saturated rings. The van der Waals surface area contributed by atoms with Crippen molar-refractivity contribution in [3.05, 3.63) is 41.6 Å². The zero-order valence-corrected chi connectivity index (χ0v) is 16.3. The molecule has 150 valence electrons. The molecule has 0 bridgehead atoms. The molecule has 0 spiro atoms. The maximum absolute atomic E-state index is 12.6. The first-order chi connectivity index (χ1) is 13.4. The number of carbonyl (C=O) groups is 2. The van der Waals surface area contributed by atoms with E-state index in [1.54, 1.807) is 0 Å². The Bertz CT molecular complexity index is 922. The molecular formula is C17H18ClN3O6S. The summed E-state index contributed by atoms with van der Waals surface area (Å²) in [5, 5.41) is 6.38. The molecule has 1 aliphatic heterocycles. The number of benzene rings is 1. The van der Waals surface area contributed by atoms with Crippen molar-refractivity contribution in [1.29, 1.82) is 0 Å². The van der Waals surface area contributed by atoms with E-state index in [9.17, 15) is 18.0 Å². The zero-order valence-electron chi connectivity index (χ0n) is 14.7. The highest BCUT2D eigenvalue weighted by atomic mass is 35.5. The van der Waals surface area contributed by atoms with Gasteiger partial charge in [-0.1, -0.05) is 16.8 Å². The number of carbonyl (C=O) groups excluding carboxylic acids is 2. The normalized spacial score (nSPS) is 15.9. The Hall–Kier alpha value is -2.43. The van der Waals surface area contributed by atoms with Gasteiger partial charge in [0.25, 0.3) is 5.91 Å². The van der Waals surface area contributed by atoms with Gasteiger partial charge in [-0.3, -0.25) is 9.59 Å². The predicted molar refractivity (Wildman–Crippen MR) is 99.0 cm³/mol. The number of halogens is 1. The van der Waals surface area contributed by atoms with Crippen LogP contribution in [-0.4, -0.2) is 49.5 Å². The number of hydrogen-bond acceptors (Lipinski definition) is 7. The third-order valence-electron chi connectivity index (χ3n) is 4.29. The summed E-state index contributed by atoms with van der Waals surface area (Å²) < 4.78 is 36.2. The number of ether oxygens (including phenoxy) is 1. The molecule has 2 aromatic rings. The first kappa shape index (κ1) is 20.3. The average Bonchev–Trinajstić information content (AvgIpc) is 3.19. The van der Waals surface area contributed by atoms with E-state index in [-0.39, 0.29) is 23.8 Å². The Morgan fingerprint density at radius 2 is 1.89 bits per heavy atom. The van der Waals surface area contributed by atoms with Gasteiger partial charge in [0.1, 0.15) is 6.26 Å². The molecule has 0 saturated carbocycles. The Morgan fingerprint density at radius 3 is 2.50 bits per heavy atom. The molecule has 0 radical (unpaired) electrons. The smallest absolute Gasteiger partial charge is 0.309 e. The van der Waals surface area contributed by atoms with E-state index in [2.05, 4.69) is 15.0 Å². The van der Waals surface area contributed by atoms with Gasteiger partial charge in [0, 0.05) is 24.2 Å². The number of amides is 1. The van der Waals surface area contributed by atoms with Gasteiger partial charge < -0.3 is 14.6 Å². The standard InChI is InChI=1S/C17H18ClN3O6S/c18-13-1-3-14(4-2-13)28(24,25)21-8-5-12(6-9-21)17(23)26-11-16(22)19-15-7-10-27-20-15/h1-4,7,10,12H,5-6,8-9,11H2,(H,19,20,22). The molecule has 3 rings (SSSR count). The highest BCUT2D eigenvalue weighted by Crippen LogP contribution is 2.25. The van der Waals surface area contributed by atoms with Crippen LogP contribution in [0, 0.1) is 5.92 Å². The number of piperidine rings is 1. The maximum atomic E-state index is 12.6. The van der Waals surface area contributed by atoms with Gasteiger partial charge in [-0.15, -0.1) is 0 Å². The van der Waals surface area contributed by atoms with Gasteiger partial charge in [-0.2, -0.15) is 4.31 Å². The highest BCUT2D eigenvalue weighted by Gasteiger charge is 2.33. The van der Waals surface area contributed by atoms with Gasteiger partial charge in [-0.05, 0) is 37.1 Å². The molecule has 11 heteroatoms. The summed E-state index contributed by atoms with van der Waals surface area (Å²) in [7, 11) is -3.64. The van der Waals surface area contributed by atoms with Crippen LogP contribution in [0.25, 0.3) is 0 Å². The fraction of sp³-hybridized carbons (Fsp3) is 0.353. The molecule has 0 unspecified atom stereocenters. The lowest BCUT2D eigenvalue weighted by Gasteiger charge is -2.30. The minimum absolute atomic E-state index is 0.155. The van der Waals surface area contributed by atoms with Gasteiger partial charge in [-0.25, -0.2) is 8.42 Å². The number of rotatable bonds is 6. The molecule has 2 heterocycles. The lowest BCUT2D eigenvalue weighted by Crippen LogP contribution is -2.40. The molecule has 1 aromatic carbocycles. The predicted octanol–water partition coefficient (Wildman–Crippen LogP) is 1.91. The minimum Gasteiger partial charge on any atom is -0.455 e. The molecule has 1 aromatic heterocycles. The Labute approximate surface area is 166 Å². The summed E-state index contributed by atoms with van der Waals surface area (Å²) in [6, 6.07) is 7.39. The van der Waals surface area contributed by atoms with Gasteiger partial charge in [0.15, 0.2) is 12.4 Å². The van der Waals surface area contributed by atoms with Crippen molar-refractivity contribution in [1.82, 2.24) is 9.46 Å². The van der Waals surface area contributed by atoms with Gasteiger partial charge >= 0.3 is 5.97 Å². The maximum Gasteiger partial charge on any atom is 0.309 e. The van der Waals surface area contributed by atoms with E-state index >= 15 is 0 Å². The summed E-state index contributed by atoms with van der Waals surface area (Å²) in [5.74, 6) is -1.30. The lowest BCUT2D eigenvalue weighted by atomic mass is 9.98. The van der Waals surface area contributed by atoms with Crippen LogP contribution in [-0.2, 0) is 24.3 Å². The van der Waals surface area contributed by atoms with Crippen LogP contribution in [0.15, 0.2) is 46.0 Å². The van der Waals surface area contributed by atoms with Crippen LogP contribution >= 0.6 is 11.6 Å². The van der Waals surface area contributed by atoms with Gasteiger partial charge in [0.05, 0.1) is 10.8 Å². The van der Waals surface area contributed by atoms with Crippen molar-refractivity contribution in [3.8, 4) is 0 Å². The van der Waals surface area contributed by atoms with E-state index in [1.165, 1.54) is 40.9 Å². The van der Waals surface area contributed by atoms with Crippen LogP contribution in [0.3, 0.4) is 0 Å². The third-order valence-corrected chi connectivity index (χ3v) is 6.45. The molecule has 1 aliphatic rings. The van der Waals surface area contributed by atoms with Crippen LogP contribution in [0.2, 0.25) is 5.02 Å². The second kappa shape index (κ2) is 8.72. The van der Waals surface area contributed by atoms with E-state index < -0.39 is 34.4 Å². The summed E-state index contributed by atoms with van der Waals surface area (Å²) in [5.41, 5.74) is 0. The number of aromatic nitrogens is 1. The summed E-state index contributed by atoms with van der Waals surface area (Å²) >= 11 is 5.80. The first-order valence-electron chi connectivity index (χ1n) is 8.49. The molecule has 1 N–H and O–H groups in total. The molecule has 28 heavy (non-hydrogen) atoms. The van der Waals surface area contributed by atoms with E-state index in [0.717, 1.165) is 0 Å². The number of nitrogens with one attached hydrogen (secondary N) is 1. The van der Waals surface area contributed by atoms with Crippen LogP contribution < -0.4 is 5.32 Å². The van der Waals surface area contributed by atoms with Crippen LogP contribution in [0.4, 0.5) is 5.82 Å². The SMILES string of the molecule is O=C(COC(=O)C1CCN(S(=O)(=O)c2ccc(Cl)cc2)CC1)Nc1ccon1. The molecule has 1 saturated heterocycles. The zero-order chi connectivity index (χ0) is 20.1. The van der Waals surface area contributed by atoms with E-state index in [0.29, 0.717) is 17.9 Å². The van der Waals surface area contributed by atoms with Crippen LogP contribution in [0.1, 0.15) is 12.8 Å². The Balaban J connectivity index is 1.48.